The van der Waals surface area contributed by atoms with E-state index in [-0.39, 0.29) is 12.5 Å². The van der Waals surface area contributed by atoms with E-state index in [2.05, 4.69) is 0 Å². The Hall–Kier alpha value is -1.55. The number of likely N-dealkylation sites (N-methyl/N-ethyl adjacent to an activating group) is 1. The molecule has 0 radical (unpaired) electrons. The van der Waals surface area contributed by atoms with Crippen LogP contribution in [0.4, 0.5) is 0 Å². The molecule has 2 N–H and O–H groups in total. The van der Waals surface area contributed by atoms with Crippen molar-refractivity contribution in [3.05, 3.63) is 29.8 Å². The summed E-state index contributed by atoms with van der Waals surface area (Å²) in [6.07, 6.45) is 0. The molecule has 0 atom stereocenters. The monoisotopic (exact) mass is 222 g/mol. The molecule has 4 nitrogen and oxygen atoms in total. The second-order valence-electron chi connectivity index (χ2n) is 3.71. The summed E-state index contributed by atoms with van der Waals surface area (Å²) in [5.74, 6) is 0.645. The third-order valence-electron chi connectivity index (χ3n) is 2.27. The highest BCUT2D eigenvalue weighted by Gasteiger charge is 2.07. The zero-order chi connectivity index (χ0) is 12.0. The van der Waals surface area contributed by atoms with Crippen molar-refractivity contribution >= 4 is 5.91 Å². The molecule has 0 heterocycles. The molecule has 1 amide bonds. The number of aryl methyl sites for hydroxylation is 1. The molecule has 0 saturated carbocycles. The summed E-state index contributed by atoms with van der Waals surface area (Å²) >= 11 is 0. The summed E-state index contributed by atoms with van der Waals surface area (Å²) in [6, 6.07) is 7.60. The fourth-order valence-electron chi connectivity index (χ4n) is 1.21. The first kappa shape index (κ1) is 12.5. The lowest BCUT2D eigenvalue weighted by molar-refractivity contribution is -0.131. The summed E-state index contributed by atoms with van der Waals surface area (Å²) < 4.78 is 5.36. The minimum absolute atomic E-state index is 0.0551. The molecule has 0 bridgehead atoms. The second-order valence-corrected chi connectivity index (χ2v) is 3.71. The normalized spacial score (nSPS) is 9.94. The molecule has 0 spiro atoms. The molecule has 0 saturated heterocycles. The van der Waals surface area contributed by atoms with E-state index in [1.54, 1.807) is 11.9 Å². The van der Waals surface area contributed by atoms with Crippen LogP contribution < -0.4 is 10.5 Å². The fraction of sp³-hybridized carbons (Fsp3) is 0.417. The van der Waals surface area contributed by atoms with Crippen LogP contribution >= 0.6 is 0 Å². The van der Waals surface area contributed by atoms with E-state index in [1.807, 2.05) is 31.2 Å². The summed E-state index contributed by atoms with van der Waals surface area (Å²) in [6.45, 7) is 3.08. The predicted octanol–water partition coefficient (Wildman–Crippen LogP) is 0.791. The van der Waals surface area contributed by atoms with Crippen LogP contribution in [0.2, 0.25) is 0 Å². The Kier molecular flexibility index (Phi) is 4.79. The van der Waals surface area contributed by atoms with Gasteiger partial charge >= 0.3 is 0 Å². The van der Waals surface area contributed by atoms with E-state index in [4.69, 9.17) is 10.5 Å². The number of hydrogen-bond acceptors (Lipinski definition) is 3. The van der Waals surface area contributed by atoms with Crippen molar-refractivity contribution in [3.8, 4) is 5.75 Å². The smallest absolute Gasteiger partial charge is 0.260 e. The first-order valence-corrected chi connectivity index (χ1v) is 5.27. The number of rotatable bonds is 5. The Morgan fingerprint density at radius 3 is 2.56 bits per heavy atom. The molecule has 0 aromatic heterocycles. The van der Waals surface area contributed by atoms with Crippen LogP contribution in [0.3, 0.4) is 0 Å². The number of hydrogen-bond donors (Lipinski definition) is 1. The number of nitrogens with zero attached hydrogens (tertiary/aromatic N) is 1. The Balaban J connectivity index is 2.39. The van der Waals surface area contributed by atoms with Crippen molar-refractivity contribution in [2.24, 2.45) is 5.73 Å². The maximum atomic E-state index is 11.5. The lowest BCUT2D eigenvalue weighted by Gasteiger charge is -2.16. The van der Waals surface area contributed by atoms with Gasteiger partial charge in [0.05, 0.1) is 0 Å². The summed E-state index contributed by atoms with van der Waals surface area (Å²) in [7, 11) is 1.72. The third kappa shape index (κ3) is 3.90. The molecular formula is C12H18N2O2. The zero-order valence-corrected chi connectivity index (χ0v) is 9.77. The number of nitrogens with two attached hydrogens (primary N) is 1. The van der Waals surface area contributed by atoms with Crippen molar-refractivity contribution in [1.29, 1.82) is 0 Å². The van der Waals surface area contributed by atoms with Crippen LogP contribution in [0, 0.1) is 6.92 Å². The molecule has 1 aromatic carbocycles. The third-order valence-corrected chi connectivity index (χ3v) is 2.27. The molecule has 0 unspecified atom stereocenters. The van der Waals surface area contributed by atoms with Crippen LogP contribution in [0.5, 0.6) is 5.75 Å². The van der Waals surface area contributed by atoms with Gasteiger partial charge in [-0.25, -0.2) is 0 Å². The number of benzene rings is 1. The van der Waals surface area contributed by atoms with Gasteiger partial charge in [-0.1, -0.05) is 17.7 Å². The van der Waals surface area contributed by atoms with Gasteiger partial charge in [0.25, 0.3) is 5.91 Å². The lowest BCUT2D eigenvalue weighted by atomic mass is 10.2. The average Bonchev–Trinajstić information content (AvgIpc) is 2.28. The van der Waals surface area contributed by atoms with E-state index in [9.17, 15) is 4.79 Å². The molecule has 16 heavy (non-hydrogen) atoms. The largest absolute Gasteiger partial charge is 0.484 e. The Labute approximate surface area is 96.0 Å². The van der Waals surface area contributed by atoms with Gasteiger partial charge in [-0.15, -0.1) is 0 Å². The Morgan fingerprint density at radius 2 is 2.00 bits per heavy atom. The molecule has 4 heteroatoms. The first-order chi connectivity index (χ1) is 7.63. The lowest BCUT2D eigenvalue weighted by Crippen LogP contribution is -2.35. The van der Waals surface area contributed by atoms with Gasteiger partial charge in [0.15, 0.2) is 6.61 Å². The van der Waals surface area contributed by atoms with Crippen LogP contribution in [0.1, 0.15) is 5.56 Å². The quantitative estimate of drug-likeness (QED) is 0.801. The minimum Gasteiger partial charge on any atom is -0.484 e. The van der Waals surface area contributed by atoms with Gasteiger partial charge in [-0.3, -0.25) is 4.79 Å². The highest BCUT2D eigenvalue weighted by atomic mass is 16.5. The summed E-state index contributed by atoms with van der Waals surface area (Å²) in [5, 5.41) is 0. The zero-order valence-electron chi connectivity index (χ0n) is 9.77. The van der Waals surface area contributed by atoms with Crippen LogP contribution in [0.15, 0.2) is 24.3 Å². The van der Waals surface area contributed by atoms with Crippen molar-refractivity contribution in [2.45, 2.75) is 6.92 Å². The fourth-order valence-corrected chi connectivity index (χ4v) is 1.21. The molecule has 0 aliphatic rings. The number of amides is 1. The number of ether oxygens (including phenoxy) is 1. The topological polar surface area (TPSA) is 55.6 Å². The predicted molar refractivity (Wildman–Crippen MR) is 63.4 cm³/mol. The first-order valence-electron chi connectivity index (χ1n) is 5.27. The molecule has 1 rings (SSSR count). The Morgan fingerprint density at radius 1 is 1.38 bits per heavy atom. The highest BCUT2D eigenvalue weighted by Crippen LogP contribution is 2.11. The molecule has 1 aromatic rings. The van der Waals surface area contributed by atoms with E-state index < -0.39 is 0 Å². The van der Waals surface area contributed by atoms with E-state index in [1.165, 1.54) is 5.56 Å². The standard InChI is InChI=1S/C12H18N2O2/c1-10-3-5-11(6-4-10)16-9-12(15)14(2)8-7-13/h3-6H,7-9,13H2,1-2H3. The molecule has 0 aliphatic heterocycles. The molecular weight excluding hydrogens is 204 g/mol. The maximum Gasteiger partial charge on any atom is 0.260 e. The van der Waals surface area contributed by atoms with E-state index >= 15 is 0 Å². The minimum atomic E-state index is -0.0639. The number of carbonyl (C=O) groups is 1. The van der Waals surface area contributed by atoms with Crippen LogP contribution in [0.25, 0.3) is 0 Å². The van der Waals surface area contributed by atoms with Crippen LogP contribution in [-0.2, 0) is 4.79 Å². The van der Waals surface area contributed by atoms with Crippen LogP contribution in [-0.4, -0.2) is 37.6 Å². The van der Waals surface area contributed by atoms with Gasteiger partial charge in [-0.05, 0) is 19.1 Å². The highest BCUT2D eigenvalue weighted by molar-refractivity contribution is 5.77. The van der Waals surface area contributed by atoms with Gasteiger partial charge in [0.2, 0.25) is 0 Å². The van der Waals surface area contributed by atoms with Gasteiger partial charge < -0.3 is 15.4 Å². The van der Waals surface area contributed by atoms with Gasteiger partial charge in [-0.2, -0.15) is 0 Å². The number of carbonyl (C=O) groups excluding carboxylic acids is 1. The van der Waals surface area contributed by atoms with Crippen molar-refractivity contribution in [3.63, 3.8) is 0 Å². The van der Waals surface area contributed by atoms with E-state index in [0.717, 1.165) is 0 Å². The summed E-state index contributed by atoms with van der Waals surface area (Å²) in [4.78, 5) is 13.1. The second kappa shape index (κ2) is 6.12. The van der Waals surface area contributed by atoms with E-state index in [0.29, 0.717) is 18.8 Å². The summed E-state index contributed by atoms with van der Waals surface area (Å²) in [5.41, 5.74) is 6.52. The molecule has 0 aliphatic carbocycles. The molecule has 0 fully saturated rings. The van der Waals surface area contributed by atoms with Gasteiger partial charge in [0, 0.05) is 20.1 Å². The van der Waals surface area contributed by atoms with Crippen molar-refractivity contribution < 1.29 is 9.53 Å². The van der Waals surface area contributed by atoms with Gasteiger partial charge in [0.1, 0.15) is 5.75 Å². The molecule has 88 valence electrons. The van der Waals surface area contributed by atoms with Crippen molar-refractivity contribution in [1.82, 2.24) is 4.90 Å². The maximum absolute atomic E-state index is 11.5. The average molecular weight is 222 g/mol. The Bertz CT molecular complexity index is 335. The van der Waals surface area contributed by atoms with Crippen molar-refractivity contribution in [2.75, 3.05) is 26.7 Å². The SMILES string of the molecule is Cc1ccc(OCC(=O)N(C)CCN)cc1.